The summed E-state index contributed by atoms with van der Waals surface area (Å²) < 4.78 is 5.48. The van der Waals surface area contributed by atoms with E-state index in [9.17, 15) is 25.2 Å². The third kappa shape index (κ3) is 16.6. The lowest BCUT2D eigenvalue weighted by molar-refractivity contribution is -0.353. The highest BCUT2D eigenvalue weighted by molar-refractivity contribution is 5.75. The molecule has 0 unspecified atom stereocenters. The Balaban J connectivity index is 2.30. The summed E-state index contributed by atoms with van der Waals surface area (Å²) in [4.78, 5) is 18.8. The van der Waals surface area contributed by atoms with Crippen LogP contribution in [-0.4, -0.2) is 75.3 Å². The summed E-state index contributed by atoms with van der Waals surface area (Å²) >= 11 is 0. The van der Waals surface area contributed by atoms with Gasteiger partial charge in [0.1, 0.15) is 24.4 Å². The Kier molecular flexibility index (Phi) is 23.1. The van der Waals surface area contributed by atoms with Gasteiger partial charge in [-0.05, 0) is 12.8 Å². The number of carbonyl (C=O) groups is 1. The SMILES string of the molecule is CCCCCCCCCCCCCCCCCC(=O)N(CCCCCCCC)O[C@H]1O[C@H](CO)[C@@H](O)[C@H](O)[C@H]1O. The molecule has 1 fully saturated rings. The smallest absolute Gasteiger partial charge is 0.246 e. The minimum Gasteiger partial charge on any atom is -0.394 e. The number of unbranched alkanes of at least 4 members (excludes halogenated alkanes) is 19. The Morgan fingerprint density at radius 2 is 1.05 bits per heavy atom. The summed E-state index contributed by atoms with van der Waals surface area (Å²) in [7, 11) is 0. The van der Waals surface area contributed by atoms with Crippen molar-refractivity contribution in [2.24, 2.45) is 0 Å². The zero-order valence-corrected chi connectivity index (χ0v) is 25.8. The molecule has 4 N–H and O–H groups in total. The molecule has 0 aromatic rings. The summed E-state index contributed by atoms with van der Waals surface area (Å²) in [5.74, 6) is -0.166. The van der Waals surface area contributed by atoms with E-state index in [4.69, 9.17) is 9.57 Å². The molecule has 40 heavy (non-hydrogen) atoms. The normalized spacial score (nSPS) is 23.0. The molecule has 1 aliphatic rings. The van der Waals surface area contributed by atoms with E-state index in [-0.39, 0.29) is 5.91 Å². The Morgan fingerprint density at radius 1 is 0.625 bits per heavy atom. The molecule has 0 aromatic heterocycles. The molecule has 1 saturated heterocycles. The fourth-order valence-electron chi connectivity index (χ4n) is 5.32. The average Bonchev–Trinajstić information content (AvgIpc) is 2.96. The van der Waals surface area contributed by atoms with Crippen molar-refractivity contribution in [1.82, 2.24) is 5.06 Å². The summed E-state index contributed by atoms with van der Waals surface area (Å²) in [5, 5.41) is 41.2. The molecular weight excluding hydrogens is 510 g/mol. The number of nitrogens with zero attached hydrogens (tertiary/aromatic N) is 1. The predicted octanol–water partition coefficient (Wildman–Crippen LogP) is 6.17. The molecule has 1 rings (SSSR count). The van der Waals surface area contributed by atoms with Crippen molar-refractivity contribution in [3.8, 4) is 0 Å². The number of rotatable bonds is 26. The van der Waals surface area contributed by atoms with Gasteiger partial charge in [-0.1, -0.05) is 136 Å². The van der Waals surface area contributed by atoms with Crippen molar-refractivity contribution in [2.75, 3.05) is 13.2 Å². The molecule has 238 valence electrons. The van der Waals surface area contributed by atoms with Crippen LogP contribution in [0.25, 0.3) is 0 Å². The molecule has 1 amide bonds. The number of aliphatic hydroxyl groups is 4. The number of hydrogen-bond acceptors (Lipinski definition) is 7. The monoisotopic (exact) mass is 573 g/mol. The van der Waals surface area contributed by atoms with Crippen LogP contribution in [0.15, 0.2) is 0 Å². The molecule has 0 aromatic carbocycles. The maximum atomic E-state index is 13.0. The van der Waals surface area contributed by atoms with Crippen LogP contribution in [-0.2, 0) is 14.4 Å². The molecule has 8 nitrogen and oxygen atoms in total. The van der Waals surface area contributed by atoms with Crippen molar-refractivity contribution in [3.63, 3.8) is 0 Å². The predicted molar refractivity (Wildman–Crippen MR) is 159 cm³/mol. The van der Waals surface area contributed by atoms with Crippen LogP contribution in [0.3, 0.4) is 0 Å². The summed E-state index contributed by atoms with van der Waals surface area (Å²) in [6, 6.07) is 0. The highest BCUT2D eigenvalue weighted by Crippen LogP contribution is 2.24. The van der Waals surface area contributed by atoms with E-state index in [2.05, 4.69) is 13.8 Å². The van der Waals surface area contributed by atoms with Crippen LogP contribution in [0.2, 0.25) is 0 Å². The molecule has 0 bridgehead atoms. The minimum absolute atomic E-state index is 0.166. The first-order valence-electron chi connectivity index (χ1n) is 16.7. The standard InChI is InChI=1S/C32H63NO7/c1-3-5-7-9-11-12-13-14-15-16-17-18-19-20-22-24-28(35)33(25-23-21-10-8-6-4-2)40-32-31(38)30(37)29(36)27(26-34)39-32/h27,29-32,34,36-38H,3-26H2,1-2H3/t27-,29-,30+,31-,32-/m1/s1. The molecular formula is C32H63NO7. The van der Waals surface area contributed by atoms with Gasteiger partial charge < -0.3 is 25.2 Å². The van der Waals surface area contributed by atoms with E-state index < -0.39 is 37.3 Å². The zero-order valence-electron chi connectivity index (χ0n) is 25.8. The van der Waals surface area contributed by atoms with Crippen LogP contribution in [0.1, 0.15) is 155 Å². The number of aliphatic hydroxyl groups excluding tert-OH is 4. The number of hydrogen-bond donors (Lipinski definition) is 4. The molecule has 0 saturated carbocycles. The number of carbonyl (C=O) groups excluding carboxylic acids is 1. The highest BCUT2D eigenvalue weighted by atomic mass is 16.8. The van der Waals surface area contributed by atoms with E-state index in [0.717, 1.165) is 44.9 Å². The van der Waals surface area contributed by atoms with Crippen LogP contribution in [0.5, 0.6) is 0 Å². The van der Waals surface area contributed by atoms with Gasteiger partial charge in [-0.25, -0.2) is 9.90 Å². The first-order chi connectivity index (χ1) is 19.5. The van der Waals surface area contributed by atoms with Gasteiger partial charge in [0, 0.05) is 13.0 Å². The van der Waals surface area contributed by atoms with Crippen molar-refractivity contribution in [2.45, 2.75) is 186 Å². The Labute approximate surface area is 244 Å². The number of amides is 1. The van der Waals surface area contributed by atoms with Gasteiger partial charge in [0.15, 0.2) is 0 Å². The van der Waals surface area contributed by atoms with Gasteiger partial charge in [-0.2, -0.15) is 0 Å². The number of hydroxylamine groups is 2. The first-order valence-corrected chi connectivity index (χ1v) is 16.7. The molecule has 1 heterocycles. The van der Waals surface area contributed by atoms with Gasteiger partial charge in [0.2, 0.25) is 12.2 Å². The quantitative estimate of drug-likeness (QED) is 0.0722. The summed E-state index contributed by atoms with van der Waals surface area (Å²) in [6.07, 6.45) is 18.8. The van der Waals surface area contributed by atoms with Crippen LogP contribution < -0.4 is 0 Å². The second-order valence-corrected chi connectivity index (χ2v) is 11.8. The van der Waals surface area contributed by atoms with E-state index in [1.54, 1.807) is 0 Å². The van der Waals surface area contributed by atoms with E-state index >= 15 is 0 Å². The lowest BCUT2D eigenvalue weighted by atomic mass is 9.99. The Hall–Kier alpha value is -0.770. The summed E-state index contributed by atoms with van der Waals surface area (Å²) in [5.41, 5.74) is 0. The topological polar surface area (TPSA) is 120 Å². The zero-order chi connectivity index (χ0) is 29.4. The second-order valence-electron chi connectivity index (χ2n) is 11.8. The molecule has 0 aliphatic carbocycles. The Bertz CT molecular complexity index is 592. The van der Waals surface area contributed by atoms with Crippen molar-refractivity contribution in [1.29, 1.82) is 0 Å². The van der Waals surface area contributed by atoms with E-state index in [0.29, 0.717) is 13.0 Å². The number of ether oxygens (including phenoxy) is 1. The lowest BCUT2D eigenvalue weighted by Gasteiger charge is -2.40. The van der Waals surface area contributed by atoms with Crippen LogP contribution in [0.4, 0.5) is 0 Å². The van der Waals surface area contributed by atoms with E-state index in [1.165, 1.54) is 95.0 Å². The maximum Gasteiger partial charge on any atom is 0.246 e. The molecule has 1 aliphatic heterocycles. The van der Waals surface area contributed by atoms with Crippen LogP contribution in [0, 0.1) is 0 Å². The van der Waals surface area contributed by atoms with Gasteiger partial charge in [0.25, 0.3) is 0 Å². The van der Waals surface area contributed by atoms with Crippen molar-refractivity contribution < 1.29 is 34.8 Å². The molecule has 0 spiro atoms. The van der Waals surface area contributed by atoms with Crippen LogP contribution >= 0.6 is 0 Å². The molecule has 0 radical (unpaired) electrons. The van der Waals surface area contributed by atoms with E-state index in [1.807, 2.05) is 0 Å². The van der Waals surface area contributed by atoms with Gasteiger partial charge in [-0.3, -0.25) is 4.79 Å². The summed E-state index contributed by atoms with van der Waals surface area (Å²) in [6.45, 7) is 4.28. The van der Waals surface area contributed by atoms with Crippen molar-refractivity contribution >= 4 is 5.91 Å². The second kappa shape index (κ2) is 24.8. The lowest BCUT2D eigenvalue weighted by Crippen LogP contribution is -2.60. The third-order valence-corrected chi connectivity index (χ3v) is 8.07. The fourth-order valence-corrected chi connectivity index (χ4v) is 5.32. The first kappa shape index (κ1) is 37.3. The van der Waals surface area contributed by atoms with Crippen molar-refractivity contribution in [3.05, 3.63) is 0 Å². The van der Waals surface area contributed by atoms with Gasteiger partial charge >= 0.3 is 0 Å². The highest BCUT2D eigenvalue weighted by Gasteiger charge is 2.45. The largest absolute Gasteiger partial charge is 0.394 e. The van der Waals surface area contributed by atoms with Gasteiger partial charge in [-0.15, -0.1) is 0 Å². The maximum absolute atomic E-state index is 13.0. The molecule has 5 atom stereocenters. The Morgan fingerprint density at radius 3 is 1.50 bits per heavy atom. The minimum atomic E-state index is -1.53. The molecule has 8 heteroatoms. The third-order valence-electron chi connectivity index (χ3n) is 8.07. The fraction of sp³-hybridized carbons (Fsp3) is 0.969. The van der Waals surface area contributed by atoms with Gasteiger partial charge in [0.05, 0.1) is 6.61 Å². The average molecular weight is 574 g/mol.